The van der Waals surface area contributed by atoms with Gasteiger partial charge in [0.2, 0.25) is 0 Å². The van der Waals surface area contributed by atoms with Gasteiger partial charge in [-0.15, -0.1) is 0 Å². The zero-order valence-corrected chi connectivity index (χ0v) is 9.83. The van der Waals surface area contributed by atoms with E-state index in [9.17, 15) is 4.39 Å². The molecule has 0 aliphatic rings. The van der Waals surface area contributed by atoms with Crippen molar-refractivity contribution in [1.82, 2.24) is 4.90 Å². The van der Waals surface area contributed by atoms with Crippen LogP contribution in [-0.4, -0.2) is 18.0 Å². The van der Waals surface area contributed by atoms with Gasteiger partial charge in [0.25, 0.3) is 0 Å². The Morgan fingerprint density at radius 3 is 2.81 bits per heavy atom. The third kappa shape index (κ3) is 3.63. The van der Waals surface area contributed by atoms with E-state index in [1.54, 1.807) is 12.1 Å². The molecule has 0 radical (unpaired) electrons. The van der Waals surface area contributed by atoms with E-state index in [2.05, 4.69) is 13.0 Å². The highest BCUT2D eigenvalue weighted by Crippen LogP contribution is 2.13. The molecule has 2 nitrogen and oxygen atoms in total. The van der Waals surface area contributed by atoms with Crippen molar-refractivity contribution in [3.8, 4) is 6.07 Å². The van der Waals surface area contributed by atoms with Crippen molar-refractivity contribution in [3.05, 3.63) is 35.1 Å². The molecule has 0 aromatic heterocycles. The molecule has 0 spiro atoms. The summed E-state index contributed by atoms with van der Waals surface area (Å²) < 4.78 is 13.1. The van der Waals surface area contributed by atoms with Crippen molar-refractivity contribution in [1.29, 1.82) is 5.26 Å². The molecule has 86 valence electrons. The molecule has 0 amide bonds. The fourth-order valence-electron chi connectivity index (χ4n) is 1.68. The van der Waals surface area contributed by atoms with Crippen LogP contribution in [0.4, 0.5) is 4.39 Å². The van der Waals surface area contributed by atoms with E-state index in [4.69, 9.17) is 5.26 Å². The number of rotatable bonds is 5. The van der Waals surface area contributed by atoms with Gasteiger partial charge in [0.1, 0.15) is 5.82 Å². The zero-order valence-electron chi connectivity index (χ0n) is 9.83. The van der Waals surface area contributed by atoms with Crippen LogP contribution in [0.1, 0.15) is 24.5 Å². The Kier molecular flexibility index (Phi) is 4.94. The summed E-state index contributed by atoms with van der Waals surface area (Å²) in [5.74, 6) is -0.214. The van der Waals surface area contributed by atoms with Crippen molar-refractivity contribution in [2.45, 2.75) is 26.8 Å². The van der Waals surface area contributed by atoms with Crippen LogP contribution in [-0.2, 0) is 6.54 Å². The van der Waals surface area contributed by atoms with Crippen LogP contribution < -0.4 is 0 Å². The van der Waals surface area contributed by atoms with Gasteiger partial charge in [-0.2, -0.15) is 5.26 Å². The highest BCUT2D eigenvalue weighted by Gasteiger charge is 2.07. The van der Waals surface area contributed by atoms with E-state index >= 15 is 0 Å². The van der Waals surface area contributed by atoms with Crippen LogP contribution in [0.5, 0.6) is 0 Å². The Morgan fingerprint density at radius 2 is 2.19 bits per heavy atom. The summed E-state index contributed by atoms with van der Waals surface area (Å²) in [7, 11) is 0. The standard InChI is InChI=1S/C13H17FN2/c1-3-7-16(8-6-15)10-12-9-13(14)5-4-11(12)2/h4-5,9H,3,7-8,10H2,1-2H3. The third-order valence-corrected chi connectivity index (χ3v) is 2.54. The zero-order chi connectivity index (χ0) is 12.0. The monoisotopic (exact) mass is 220 g/mol. The maximum absolute atomic E-state index is 13.1. The molecule has 0 N–H and O–H groups in total. The molecule has 0 saturated heterocycles. The Balaban J connectivity index is 2.76. The van der Waals surface area contributed by atoms with E-state index in [-0.39, 0.29) is 5.82 Å². The summed E-state index contributed by atoms with van der Waals surface area (Å²) in [5, 5.41) is 8.70. The predicted octanol–water partition coefficient (Wildman–Crippen LogP) is 2.87. The summed E-state index contributed by atoms with van der Waals surface area (Å²) in [4.78, 5) is 2.03. The molecule has 0 fully saturated rings. The van der Waals surface area contributed by atoms with Crippen LogP contribution in [0.2, 0.25) is 0 Å². The van der Waals surface area contributed by atoms with Gasteiger partial charge in [-0.3, -0.25) is 4.90 Å². The van der Waals surface area contributed by atoms with Gasteiger partial charge in [0, 0.05) is 6.54 Å². The van der Waals surface area contributed by atoms with Crippen molar-refractivity contribution in [2.24, 2.45) is 0 Å². The second-order valence-corrected chi connectivity index (χ2v) is 3.94. The number of hydrogen-bond donors (Lipinski definition) is 0. The normalized spacial score (nSPS) is 10.4. The maximum Gasteiger partial charge on any atom is 0.123 e. The Labute approximate surface area is 96.3 Å². The third-order valence-electron chi connectivity index (χ3n) is 2.54. The fourth-order valence-corrected chi connectivity index (χ4v) is 1.68. The predicted molar refractivity (Wildman–Crippen MR) is 62.3 cm³/mol. The first-order valence-electron chi connectivity index (χ1n) is 5.51. The molecule has 0 unspecified atom stereocenters. The summed E-state index contributed by atoms with van der Waals surface area (Å²) in [6.45, 7) is 5.94. The summed E-state index contributed by atoms with van der Waals surface area (Å²) in [6.07, 6.45) is 0.996. The highest BCUT2D eigenvalue weighted by molar-refractivity contribution is 5.26. The minimum Gasteiger partial charge on any atom is -0.286 e. The molecule has 1 aromatic carbocycles. The molecule has 1 aromatic rings. The summed E-state index contributed by atoms with van der Waals surface area (Å²) >= 11 is 0. The number of hydrogen-bond acceptors (Lipinski definition) is 2. The molecular weight excluding hydrogens is 203 g/mol. The first-order valence-corrected chi connectivity index (χ1v) is 5.51. The van der Waals surface area contributed by atoms with Gasteiger partial charge in [-0.05, 0) is 43.1 Å². The highest BCUT2D eigenvalue weighted by atomic mass is 19.1. The van der Waals surface area contributed by atoms with Crippen LogP contribution in [0, 0.1) is 24.1 Å². The van der Waals surface area contributed by atoms with Gasteiger partial charge in [0.15, 0.2) is 0 Å². The Hall–Kier alpha value is -1.40. The minimum atomic E-state index is -0.214. The van der Waals surface area contributed by atoms with Crippen molar-refractivity contribution in [3.63, 3.8) is 0 Å². The van der Waals surface area contributed by atoms with E-state index in [1.165, 1.54) is 6.07 Å². The molecule has 3 heteroatoms. The molecule has 0 bridgehead atoms. The molecule has 16 heavy (non-hydrogen) atoms. The SMILES string of the molecule is CCCN(CC#N)Cc1cc(F)ccc1C. The van der Waals surface area contributed by atoms with Crippen LogP contribution in [0.15, 0.2) is 18.2 Å². The van der Waals surface area contributed by atoms with Gasteiger partial charge in [0.05, 0.1) is 12.6 Å². The first kappa shape index (κ1) is 12.7. The molecule has 0 aliphatic heterocycles. The largest absolute Gasteiger partial charge is 0.286 e. The molecule has 0 aliphatic carbocycles. The molecule has 1 rings (SSSR count). The second-order valence-electron chi connectivity index (χ2n) is 3.94. The number of nitrogens with zero attached hydrogens (tertiary/aromatic N) is 2. The van der Waals surface area contributed by atoms with Crippen LogP contribution in [0.3, 0.4) is 0 Å². The van der Waals surface area contributed by atoms with Gasteiger partial charge >= 0.3 is 0 Å². The van der Waals surface area contributed by atoms with Crippen LogP contribution >= 0.6 is 0 Å². The lowest BCUT2D eigenvalue weighted by Crippen LogP contribution is -2.24. The second kappa shape index (κ2) is 6.24. The van der Waals surface area contributed by atoms with Gasteiger partial charge in [-0.1, -0.05) is 13.0 Å². The van der Waals surface area contributed by atoms with Gasteiger partial charge < -0.3 is 0 Å². The summed E-state index contributed by atoms with van der Waals surface area (Å²) in [5.41, 5.74) is 2.03. The number of aryl methyl sites for hydroxylation is 1. The topological polar surface area (TPSA) is 27.0 Å². The average molecular weight is 220 g/mol. The average Bonchev–Trinajstić information content (AvgIpc) is 2.24. The lowest BCUT2D eigenvalue weighted by atomic mass is 10.1. The lowest BCUT2D eigenvalue weighted by molar-refractivity contribution is 0.297. The minimum absolute atomic E-state index is 0.214. The number of halogens is 1. The Morgan fingerprint density at radius 1 is 1.44 bits per heavy atom. The van der Waals surface area contributed by atoms with Gasteiger partial charge in [-0.25, -0.2) is 4.39 Å². The molecule has 0 heterocycles. The fraction of sp³-hybridized carbons (Fsp3) is 0.462. The van der Waals surface area contributed by atoms with Crippen molar-refractivity contribution in [2.75, 3.05) is 13.1 Å². The quantitative estimate of drug-likeness (QED) is 0.713. The van der Waals surface area contributed by atoms with Crippen molar-refractivity contribution < 1.29 is 4.39 Å². The lowest BCUT2D eigenvalue weighted by Gasteiger charge is -2.19. The van der Waals surface area contributed by atoms with Crippen LogP contribution in [0.25, 0.3) is 0 Å². The molecular formula is C13H17FN2. The van der Waals surface area contributed by atoms with E-state index in [0.29, 0.717) is 13.1 Å². The van der Waals surface area contributed by atoms with E-state index in [1.807, 2.05) is 11.8 Å². The Bertz CT molecular complexity index is 382. The molecule has 0 atom stereocenters. The first-order chi connectivity index (χ1) is 7.67. The number of benzene rings is 1. The smallest absolute Gasteiger partial charge is 0.123 e. The van der Waals surface area contributed by atoms with Crippen molar-refractivity contribution >= 4 is 0 Å². The maximum atomic E-state index is 13.1. The van der Waals surface area contributed by atoms with E-state index < -0.39 is 0 Å². The summed E-state index contributed by atoms with van der Waals surface area (Å²) in [6, 6.07) is 6.93. The molecule has 0 saturated carbocycles. The number of nitriles is 1. The van der Waals surface area contributed by atoms with E-state index in [0.717, 1.165) is 24.1 Å².